The number of hydrogen-bond donors (Lipinski definition) is 0. The number of para-hydroxylation sites is 1. The Bertz CT molecular complexity index is 708. The van der Waals surface area contributed by atoms with E-state index in [9.17, 15) is 4.79 Å². The molecule has 23 heavy (non-hydrogen) atoms. The van der Waals surface area contributed by atoms with Crippen LogP contribution in [0.15, 0.2) is 28.8 Å². The largest absolute Gasteiger partial charge is 0.454 e. The number of fused-ring (bicyclic) bond motifs is 1. The van der Waals surface area contributed by atoms with Gasteiger partial charge in [-0.3, -0.25) is 4.79 Å². The van der Waals surface area contributed by atoms with Crippen LogP contribution in [0.2, 0.25) is 0 Å². The summed E-state index contributed by atoms with van der Waals surface area (Å²) in [4.78, 5) is 14.3. The molecule has 0 spiro atoms. The summed E-state index contributed by atoms with van der Waals surface area (Å²) in [6, 6.07) is 7.40. The fourth-order valence-corrected chi connectivity index (χ4v) is 2.47. The number of hydrogen-bond acceptors (Lipinski definition) is 5. The van der Waals surface area contributed by atoms with Crippen LogP contribution in [-0.2, 0) is 6.54 Å². The molecule has 0 radical (unpaired) electrons. The minimum absolute atomic E-state index is 0.177. The molecular weight excluding hydrogens is 296 g/mol. The molecule has 3 rings (SSSR count). The Morgan fingerprint density at radius 2 is 2.17 bits per heavy atom. The van der Waals surface area contributed by atoms with E-state index in [1.54, 1.807) is 11.0 Å². The Kier molecular flexibility index (Phi) is 4.23. The van der Waals surface area contributed by atoms with Gasteiger partial charge in [0.1, 0.15) is 0 Å². The fraction of sp³-hybridized carbons (Fsp3) is 0.412. The lowest BCUT2D eigenvalue weighted by molar-refractivity contribution is 0.0709. The summed E-state index contributed by atoms with van der Waals surface area (Å²) >= 11 is 0. The maximum atomic E-state index is 12.6. The molecular formula is C17H20N2O4. The molecule has 6 heteroatoms. The molecule has 1 aliphatic heterocycles. The van der Waals surface area contributed by atoms with E-state index < -0.39 is 0 Å². The van der Waals surface area contributed by atoms with Crippen molar-refractivity contribution >= 4 is 5.91 Å². The van der Waals surface area contributed by atoms with Gasteiger partial charge < -0.3 is 18.9 Å². The van der Waals surface area contributed by atoms with Crippen LogP contribution in [0, 0.1) is 0 Å². The summed E-state index contributed by atoms with van der Waals surface area (Å²) < 4.78 is 16.1. The second-order valence-corrected chi connectivity index (χ2v) is 5.74. The van der Waals surface area contributed by atoms with Crippen LogP contribution in [-0.4, -0.2) is 29.3 Å². The van der Waals surface area contributed by atoms with E-state index in [2.05, 4.69) is 5.16 Å². The lowest BCUT2D eigenvalue weighted by Gasteiger charge is -2.20. The fourth-order valence-electron chi connectivity index (χ4n) is 2.47. The van der Waals surface area contributed by atoms with E-state index in [1.165, 1.54) is 0 Å². The zero-order valence-electron chi connectivity index (χ0n) is 13.5. The Morgan fingerprint density at radius 3 is 2.87 bits per heavy atom. The molecule has 0 fully saturated rings. The second-order valence-electron chi connectivity index (χ2n) is 5.74. The van der Waals surface area contributed by atoms with E-state index in [-0.39, 0.29) is 24.4 Å². The number of amides is 1. The topological polar surface area (TPSA) is 64.8 Å². The van der Waals surface area contributed by atoms with Crippen molar-refractivity contribution in [2.75, 3.05) is 13.3 Å². The number of aromatic nitrogens is 1. The monoisotopic (exact) mass is 316 g/mol. The summed E-state index contributed by atoms with van der Waals surface area (Å²) in [5, 5.41) is 3.95. The van der Waals surface area contributed by atoms with Crippen molar-refractivity contribution in [3.63, 3.8) is 0 Å². The standard InChI is InChI=1S/C17H20N2O4/c1-4-19(17(20)15-8-13(11(2)3)18-23-15)9-12-6-5-7-14-16(12)22-10-21-14/h5-8,11H,4,9-10H2,1-3H3. The van der Waals surface area contributed by atoms with Crippen molar-refractivity contribution in [1.29, 1.82) is 0 Å². The van der Waals surface area contributed by atoms with Crippen molar-refractivity contribution in [3.05, 3.63) is 41.3 Å². The third-order valence-corrected chi connectivity index (χ3v) is 3.84. The quantitative estimate of drug-likeness (QED) is 0.847. The van der Waals surface area contributed by atoms with E-state index >= 15 is 0 Å². The number of carbonyl (C=O) groups is 1. The van der Waals surface area contributed by atoms with Gasteiger partial charge in [-0.15, -0.1) is 0 Å². The second kappa shape index (κ2) is 6.32. The summed E-state index contributed by atoms with van der Waals surface area (Å²) in [5.41, 5.74) is 1.69. The smallest absolute Gasteiger partial charge is 0.292 e. The average molecular weight is 316 g/mol. The first-order valence-electron chi connectivity index (χ1n) is 7.73. The van der Waals surface area contributed by atoms with Crippen LogP contribution in [0.4, 0.5) is 0 Å². The van der Waals surface area contributed by atoms with Gasteiger partial charge in [0.25, 0.3) is 5.91 Å². The van der Waals surface area contributed by atoms with Crippen LogP contribution in [0.5, 0.6) is 11.5 Å². The Hall–Kier alpha value is -2.50. The van der Waals surface area contributed by atoms with Crippen molar-refractivity contribution in [2.24, 2.45) is 0 Å². The summed E-state index contributed by atoms with van der Waals surface area (Å²) in [5.74, 6) is 1.73. The minimum Gasteiger partial charge on any atom is -0.454 e. The molecule has 0 unspecified atom stereocenters. The molecule has 0 aliphatic carbocycles. The highest BCUT2D eigenvalue weighted by Crippen LogP contribution is 2.36. The van der Waals surface area contributed by atoms with E-state index in [1.807, 2.05) is 39.0 Å². The molecule has 0 bridgehead atoms. The molecule has 2 heterocycles. The lowest BCUT2D eigenvalue weighted by atomic mass is 10.1. The first-order chi connectivity index (χ1) is 11.1. The van der Waals surface area contributed by atoms with Crippen molar-refractivity contribution in [2.45, 2.75) is 33.2 Å². The third-order valence-electron chi connectivity index (χ3n) is 3.84. The van der Waals surface area contributed by atoms with Gasteiger partial charge in [-0.25, -0.2) is 0 Å². The van der Waals surface area contributed by atoms with Crippen molar-refractivity contribution in [1.82, 2.24) is 10.1 Å². The molecule has 0 N–H and O–H groups in total. The summed E-state index contributed by atoms with van der Waals surface area (Å²) in [6.07, 6.45) is 0. The molecule has 0 saturated carbocycles. The summed E-state index contributed by atoms with van der Waals surface area (Å²) in [6.45, 7) is 7.15. The molecule has 1 aromatic heterocycles. The van der Waals surface area contributed by atoms with E-state index in [4.69, 9.17) is 14.0 Å². The summed E-state index contributed by atoms with van der Waals surface area (Å²) in [7, 11) is 0. The zero-order valence-corrected chi connectivity index (χ0v) is 13.5. The molecule has 122 valence electrons. The minimum atomic E-state index is -0.177. The van der Waals surface area contributed by atoms with Gasteiger partial charge >= 0.3 is 0 Å². The molecule has 1 aliphatic rings. The number of rotatable bonds is 5. The molecule has 1 aromatic carbocycles. The predicted octanol–water partition coefficient (Wildman–Crippen LogP) is 3.19. The van der Waals surface area contributed by atoms with Crippen LogP contribution < -0.4 is 9.47 Å². The van der Waals surface area contributed by atoms with Gasteiger partial charge in [0, 0.05) is 24.7 Å². The Labute approximate surface area is 135 Å². The molecule has 2 aromatic rings. The molecule has 0 saturated heterocycles. The van der Waals surface area contributed by atoms with Gasteiger partial charge in [0.05, 0.1) is 5.69 Å². The maximum Gasteiger partial charge on any atom is 0.292 e. The highest BCUT2D eigenvalue weighted by molar-refractivity contribution is 5.91. The lowest BCUT2D eigenvalue weighted by Crippen LogP contribution is -2.30. The average Bonchev–Trinajstić information content (AvgIpc) is 3.20. The number of nitrogens with zero attached hydrogens (tertiary/aromatic N) is 2. The van der Waals surface area contributed by atoms with Crippen molar-refractivity contribution in [3.8, 4) is 11.5 Å². The van der Waals surface area contributed by atoms with Crippen LogP contribution in [0.1, 0.15) is 48.5 Å². The van der Waals surface area contributed by atoms with Gasteiger partial charge in [-0.05, 0) is 18.9 Å². The van der Waals surface area contributed by atoms with Crippen LogP contribution >= 0.6 is 0 Å². The number of carbonyl (C=O) groups excluding carboxylic acids is 1. The Morgan fingerprint density at radius 1 is 1.35 bits per heavy atom. The maximum absolute atomic E-state index is 12.6. The van der Waals surface area contributed by atoms with Gasteiger partial charge in [0.15, 0.2) is 11.5 Å². The molecule has 1 amide bonds. The van der Waals surface area contributed by atoms with Crippen molar-refractivity contribution < 1.29 is 18.8 Å². The van der Waals surface area contributed by atoms with E-state index in [0.717, 1.165) is 11.3 Å². The first kappa shape index (κ1) is 15.4. The normalized spacial score (nSPS) is 12.7. The zero-order chi connectivity index (χ0) is 16.4. The predicted molar refractivity (Wildman–Crippen MR) is 83.6 cm³/mol. The highest BCUT2D eigenvalue weighted by atomic mass is 16.7. The SMILES string of the molecule is CCN(Cc1cccc2c1OCO2)C(=O)c1cc(C(C)C)no1. The van der Waals surface area contributed by atoms with Gasteiger partial charge in [0.2, 0.25) is 12.6 Å². The number of ether oxygens (including phenoxy) is 2. The molecule has 6 nitrogen and oxygen atoms in total. The van der Waals surface area contributed by atoms with Gasteiger partial charge in [-0.1, -0.05) is 31.1 Å². The third kappa shape index (κ3) is 3.02. The number of benzene rings is 1. The van der Waals surface area contributed by atoms with E-state index in [0.29, 0.717) is 24.6 Å². The van der Waals surface area contributed by atoms with Crippen LogP contribution in [0.25, 0.3) is 0 Å². The first-order valence-corrected chi connectivity index (χ1v) is 7.73. The molecule has 0 atom stereocenters. The van der Waals surface area contributed by atoms with Crippen LogP contribution in [0.3, 0.4) is 0 Å². The highest BCUT2D eigenvalue weighted by Gasteiger charge is 2.24. The Balaban J connectivity index is 1.80. The van der Waals surface area contributed by atoms with Gasteiger partial charge in [-0.2, -0.15) is 0 Å².